The Morgan fingerprint density at radius 3 is 2.60 bits per heavy atom. The van der Waals surface area contributed by atoms with Crippen molar-refractivity contribution in [1.29, 1.82) is 0 Å². The summed E-state index contributed by atoms with van der Waals surface area (Å²) < 4.78 is 16.7. The molecule has 2 N–H and O–H groups in total. The van der Waals surface area contributed by atoms with Gasteiger partial charge in [-0.15, -0.1) is 0 Å². The topological polar surface area (TPSA) is 96.1 Å². The highest BCUT2D eigenvalue weighted by atomic mass is 16.7. The Balaban J connectivity index is 1.22. The van der Waals surface area contributed by atoms with Crippen molar-refractivity contribution in [2.24, 2.45) is 5.92 Å². The van der Waals surface area contributed by atoms with Crippen LogP contribution in [0.3, 0.4) is 0 Å². The molecular formula is C31H48N4O5. The number of pyridine rings is 1. The lowest BCUT2D eigenvalue weighted by molar-refractivity contribution is -0.0887. The molecule has 40 heavy (non-hydrogen) atoms. The number of carbonyl (C=O) groups is 1. The van der Waals surface area contributed by atoms with E-state index in [0.717, 1.165) is 68.6 Å². The average Bonchev–Trinajstić information content (AvgIpc) is 2.95. The second kappa shape index (κ2) is 16.6. The second-order valence-electron chi connectivity index (χ2n) is 11.3. The highest BCUT2D eigenvalue weighted by molar-refractivity contribution is 5.79. The van der Waals surface area contributed by atoms with E-state index in [9.17, 15) is 9.59 Å². The number of hydrogen-bond donors (Lipinski definition) is 2. The lowest BCUT2D eigenvalue weighted by atomic mass is 9.91. The van der Waals surface area contributed by atoms with Gasteiger partial charge in [-0.05, 0) is 62.3 Å². The third-order valence-electron chi connectivity index (χ3n) is 8.19. The number of rotatable bonds is 13. The highest BCUT2D eigenvalue weighted by Crippen LogP contribution is 2.23. The number of ether oxygens (including phenoxy) is 3. The van der Waals surface area contributed by atoms with Crippen molar-refractivity contribution in [1.82, 2.24) is 20.1 Å². The zero-order valence-electron chi connectivity index (χ0n) is 24.2. The number of H-pyrrole nitrogens is 1. The molecule has 2 aromatic rings. The number of likely N-dealkylation sites (tertiary alicyclic amines) is 1. The molecule has 2 fully saturated rings. The number of amides is 2. The number of fused-ring (bicyclic) bond motifs is 1. The van der Waals surface area contributed by atoms with Crippen molar-refractivity contribution in [3.05, 3.63) is 40.7 Å². The molecule has 4 rings (SSSR count). The fraction of sp³-hybridized carbons (Fsp3) is 0.677. The number of nitrogens with one attached hydrogen (secondary N) is 2. The molecule has 0 radical (unpaired) electrons. The maximum atomic E-state index is 13.3. The molecule has 2 amide bonds. The van der Waals surface area contributed by atoms with Crippen LogP contribution >= 0.6 is 0 Å². The van der Waals surface area contributed by atoms with Gasteiger partial charge in [0.1, 0.15) is 12.5 Å². The Labute approximate surface area is 238 Å². The van der Waals surface area contributed by atoms with Crippen LogP contribution in [0, 0.1) is 5.92 Å². The molecule has 1 aliphatic carbocycles. The number of nitrogens with zero attached hydrogens (tertiary/aromatic N) is 2. The van der Waals surface area contributed by atoms with Crippen molar-refractivity contribution in [2.45, 2.75) is 70.3 Å². The van der Waals surface area contributed by atoms with Crippen LogP contribution in [0.25, 0.3) is 10.9 Å². The summed E-state index contributed by atoms with van der Waals surface area (Å²) >= 11 is 0. The maximum Gasteiger partial charge on any atom is 0.317 e. The first-order valence-electron chi connectivity index (χ1n) is 15.2. The maximum absolute atomic E-state index is 13.3. The van der Waals surface area contributed by atoms with Crippen molar-refractivity contribution >= 4 is 16.9 Å². The Kier molecular flexibility index (Phi) is 12.6. The zero-order chi connectivity index (χ0) is 28.0. The van der Waals surface area contributed by atoms with Crippen LogP contribution in [0.2, 0.25) is 0 Å². The first kappa shape index (κ1) is 30.3. The zero-order valence-corrected chi connectivity index (χ0v) is 24.2. The van der Waals surface area contributed by atoms with Gasteiger partial charge in [-0.3, -0.25) is 4.79 Å². The summed E-state index contributed by atoms with van der Waals surface area (Å²) in [6.07, 6.45) is 12.0. The van der Waals surface area contributed by atoms with E-state index in [1.807, 2.05) is 18.2 Å². The van der Waals surface area contributed by atoms with Crippen molar-refractivity contribution in [3.63, 3.8) is 0 Å². The molecule has 1 aromatic heterocycles. The Hall–Kier alpha value is -2.62. The lowest BCUT2D eigenvalue weighted by Crippen LogP contribution is -2.48. The summed E-state index contributed by atoms with van der Waals surface area (Å²) in [5.74, 6) is 1.35. The Morgan fingerprint density at radius 2 is 1.82 bits per heavy atom. The first-order valence-corrected chi connectivity index (χ1v) is 15.2. The minimum absolute atomic E-state index is 0.0371. The standard InChI is InChI=1S/C31H48N4O5/c1-38-24-40-27-14-17-34(18-15-27)19-20-35(23-25-8-5-3-2-4-6-9-25)31(37)32-16-7-21-39-28-11-12-29-26(22-28)10-13-30(36)33-29/h10-13,22,25,27H,2-9,14-21,23-24H2,1H3,(H,32,37)(H,33,36). The van der Waals surface area contributed by atoms with Gasteiger partial charge in [-0.2, -0.15) is 0 Å². The van der Waals surface area contributed by atoms with Crippen molar-refractivity contribution in [2.75, 3.05) is 59.8 Å². The molecule has 0 atom stereocenters. The molecule has 2 aliphatic rings. The van der Waals surface area contributed by atoms with Crippen molar-refractivity contribution < 1.29 is 19.0 Å². The van der Waals surface area contributed by atoms with Gasteiger partial charge in [-0.25, -0.2) is 4.79 Å². The van der Waals surface area contributed by atoms with Crippen LogP contribution in [-0.4, -0.2) is 86.7 Å². The van der Waals surface area contributed by atoms with Gasteiger partial charge in [0.15, 0.2) is 0 Å². The third kappa shape index (κ3) is 10.1. The van der Waals surface area contributed by atoms with Gasteiger partial charge in [0.05, 0.1) is 12.7 Å². The highest BCUT2D eigenvalue weighted by Gasteiger charge is 2.23. The minimum Gasteiger partial charge on any atom is -0.494 e. The lowest BCUT2D eigenvalue weighted by Gasteiger charge is -2.34. The van der Waals surface area contributed by atoms with Crippen LogP contribution in [0.15, 0.2) is 35.1 Å². The molecular weight excluding hydrogens is 508 g/mol. The molecule has 9 heteroatoms. The summed E-state index contributed by atoms with van der Waals surface area (Å²) in [5.41, 5.74) is 0.679. The average molecular weight is 557 g/mol. The summed E-state index contributed by atoms with van der Waals surface area (Å²) in [4.78, 5) is 32.1. The summed E-state index contributed by atoms with van der Waals surface area (Å²) in [6, 6.07) is 8.99. The quantitative estimate of drug-likeness (QED) is 0.273. The predicted octanol–water partition coefficient (Wildman–Crippen LogP) is 4.75. The van der Waals surface area contributed by atoms with Crippen LogP contribution in [0.4, 0.5) is 4.79 Å². The predicted molar refractivity (Wildman–Crippen MR) is 158 cm³/mol. The molecule has 2 heterocycles. The number of methoxy groups -OCH3 is 1. The Bertz CT molecular complexity index is 1080. The van der Waals surface area contributed by atoms with Gasteiger partial charge >= 0.3 is 6.03 Å². The van der Waals surface area contributed by atoms with E-state index in [4.69, 9.17) is 14.2 Å². The van der Waals surface area contributed by atoms with Crippen molar-refractivity contribution in [3.8, 4) is 5.75 Å². The van der Waals surface area contributed by atoms with Crippen LogP contribution in [0.1, 0.15) is 64.2 Å². The summed E-state index contributed by atoms with van der Waals surface area (Å²) in [7, 11) is 1.66. The van der Waals surface area contributed by atoms with E-state index in [-0.39, 0.29) is 17.7 Å². The SMILES string of the molecule is COCOC1CCN(CCN(CC2CCCCCCC2)C(=O)NCCCOc2ccc3[nH]c(=O)ccc3c2)CC1. The molecule has 1 aliphatic heterocycles. The summed E-state index contributed by atoms with van der Waals surface area (Å²) in [5, 5.41) is 4.09. The first-order chi connectivity index (χ1) is 19.6. The van der Waals surface area contributed by atoms with Gasteiger partial charge in [0.25, 0.3) is 0 Å². The fourth-order valence-electron chi connectivity index (χ4n) is 5.83. The second-order valence-corrected chi connectivity index (χ2v) is 11.3. The molecule has 1 saturated carbocycles. The molecule has 9 nitrogen and oxygen atoms in total. The number of aromatic nitrogens is 1. The van der Waals surface area contributed by atoms with E-state index in [0.29, 0.717) is 25.9 Å². The largest absolute Gasteiger partial charge is 0.494 e. The van der Waals surface area contributed by atoms with Crippen LogP contribution in [0.5, 0.6) is 5.75 Å². The van der Waals surface area contributed by atoms with Gasteiger partial charge < -0.3 is 34.3 Å². The smallest absolute Gasteiger partial charge is 0.317 e. The summed E-state index contributed by atoms with van der Waals surface area (Å²) in [6.45, 7) is 5.92. The van der Waals surface area contributed by atoms with Gasteiger partial charge in [0.2, 0.25) is 5.56 Å². The minimum atomic E-state index is -0.113. The monoisotopic (exact) mass is 556 g/mol. The Morgan fingerprint density at radius 1 is 1.05 bits per heavy atom. The number of benzene rings is 1. The number of carbonyl (C=O) groups excluding carboxylic acids is 1. The molecule has 0 spiro atoms. The van der Waals surface area contributed by atoms with Crippen LogP contribution in [-0.2, 0) is 9.47 Å². The van der Waals surface area contributed by atoms with E-state index in [2.05, 4.69) is 20.1 Å². The number of aromatic amines is 1. The van der Waals surface area contributed by atoms with E-state index in [1.165, 1.54) is 51.0 Å². The molecule has 1 aromatic carbocycles. The number of piperidine rings is 1. The molecule has 222 valence electrons. The third-order valence-corrected chi connectivity index (χ3v) is 8.19. The normalized spacial score (nSPS) is 17.8. The van der Waals surface area contributed by atoms with Gasteiger partial charge in [-0.1, -0.05) is 32.1 Å². The number of hydrogen-bond acceptors (Lipinski definition) is 6. The van der Waals surface area contributed by atoms with Crippen LogP contribution < -0.4 is 15.6 Å². The molecule has 0 bridgehead atoms. The van der Waals surface area contributed by atoms with Gasteiger partial charge in [0, 0.05) is 63.3 Å². The van der Waals surface area contributed by atoms with E-state index >= 15 is 0 Å². The van der Waals surface area contributed by atoms with E-state index < -0.39 is 0 Å². The fourth-order valence-corrected chi connectivity index (χ4v) is 5.83. The number of urea groups is 1. The molecule has 0 unspecified atom stereocenters. The van der Waals surface area contributed by atoms with E-state index in [1.54, 1.807) is 13.2 Å². The molecule has 1 saturated heterocycles.